The first-order valence-electron chi connectivity index (χ1n) is 5.89. The molecule has 0 aromatic carbocycles. The van der Waals surface area contributed by atoms with Gasteiger partial charge in [0.05, 0.1) is 10.7 Å². The van der Waals surface area contributed by atoms with E-state index >= 15 is 0 Å². The van der Waals surface area contributed by atoms with Gasteiger partial charge in [0.15, 0.2) is 0 Å². The zero-order valence-electron chi connectivity index (χ0n) is 9.45. The third-order valence-electron chi connectivity index (χ3n) is 3.01. The van der Waals surface area contributed by atoms with E-state index in [-0.39, 0.29) is 0 Å². The van der Waals surface area contributed by atoms with Gasteiger partial charge in [-0.3, -0.25) is 4.90 Å². The number of pyridine rings is 1. The number of likely N-dealkylation sites (tertiary alicyclic amines) is 1. The maximum atomic E-state index is 6.11. The van der Waals surface area contributed by atoms with Crippen LogP contribution in [0.3, 0.4) is 0 Å². The second-order valence-corrected chi connectivity index (χ2v) is 4.76. The summed E-state index contributed by atoms with van der Waals surface area (Å²) in [4.78, 5) is 6.72. The number of hydrogen-bond donors (Lipinski definition) is 1. The van der Waals surface area contributed by atoms with Crippen LogP contribution in [0.1, 0.15) is 31.4 Å². The molecule has 0 aliphatic carbocycles. The molecule has 0 bridgehead atoms. The summed E-state index contributed by atoms with van der Waals surface area (Å²) in [5.74, 6) is 0.550. The van der Waals surface area contributed by atoms with E-state index in [0.29, 0.717) is 5.82 Å². The standard InChI is InChI=1S/C12H18ClN3/c13-10-5-6-12(14)15-11(10)9-16-7-3-1-2-4-8-16/h5-6H,1-4,7-9H2,(H2,14,15). The SMILES string of the molecule is Nc1ccc(Cl)c(CN2CCCCCC2)n1. The van der Waals surface area contributed by atoms with Gasteiger partial charge in [-0.2, -0.15) is 0 Å². The predicted molar refractivity (Wildman–Crippen MR) is 67.4 cm³/mol. The maximum Gasteiger partial charge on any atom is 0.123 e. The average Bonchev–Trinajstić information content (AvgIpc) is 2.52. The molecule has 16 heavy (non-hydrogen) atoms. The van der Waals surface area contributed by atoms with Crippen molar-refractivity contribution in [3.05, 3.63) is 22.8 Å². The van der Waals surface area contributed by atoms with Crippen molar-refractivity contribution in [2.24, 2.45) is 0 Å². The summed E-state index contributed by atoms with van der Waals surface area (Å²) in [6.45, 7) is 3.11. The third kappa shape index (κ3) is 3.09. The lowest BCUT2D eigenvalue weighted by atomic mass is 10.2. The fourth-order valence-corrected chi connectivity index (χ4v) is 2.28. The highest BCUT2D eigenvalue weighted by Crippen LogP contribution is 2.19. The molecule has 1 aromatic heterocycles. The Labute approximate surface area is 102 Å². The molecule has 1 fully saturated rings. The molecule has 3 nitrogen and oxygen atoms in total. The van der Waals surface area contributed by atoms with Crippen LogP contribution in [-0.2, 0) is 6.54 Å². The van der Waals surface area contributed by atoms with Crippen molar-refractivity contribution in [2.45, 2.75) is 32.2 Å². The molecule has 0 saturated carbocycles. The van der Waals surface area contributed by atoms with Crippen LogP contribution in [-0.4, -0.2) is 23.0 Å². The number of aromatic nitrogens is 1. The lowest BCUT2D eigenvalue weighted by Gasteiger charge is -2.19. The number of halogens is 1. The minimum atomic E-state index is 0.550. The average molecular weight is 240 g/mol. The van der Waals surface area contributed by atoms with Gasteiger partial charge in [0.1, 0.15) is 5.82 Å². The number of nitrogen functional groups attached to an aromatic ring is 1. The molecule has 1 aliphatic heterocycles. The molecule has 2 heterocycles. The summed E-state index contributed by atoms with van der Waals surface area (Å²) in [6, 6.07) is 3.57. The highest BCUT2D eigenvalue weighted by atomic mass is 35.5. The molecule has 1 aromatic rings. The Bertz CT molecular complexity index is 346. The molecule has 2 rings (SSSR count). The monoisotopic (exact) mass is 239 g/mol. The Morgan fingerprint density at radius 1 is 1.19 bits per heavy atom. The molecule has 2 N–H and O–H groups in total. The van der Waals surface area contributed by atoms with Gasteiger partial charge in [-0.05, 0) is 38.1 Å². The smallest absolute Gasteiger partial charge is 0.123 e. The van der Waals surface area contributed by atoms with Crippen LogP contribution in [0.15, 0.2) is 12.1 Å². The van der Waals surface area contributed by atoms with Gasteiger partial charge in [0.25, 0.3) is 0 Å². The Morgan fingerprint density at radius 2 is 1.88 bits per heavy atom. The van der Waals surface area contributed by atoms with Crippen molar-refractivity contribution in [1.29, 1.82) is 0 Å². The molecule has 4 heteroatoms. The largest absolute Gasteiger partial charge is 0.384 e. The summed E-state index contributed by atoms with van der Waals surface area (Å²) >= 11 is 6.11. The van der Waals surface area contributed by atoms with Crippen molar-refractivity contribution in [3.63, 3.8) is 0 Å². The van der Waals surface area contributed by atoms with Crippen molar-refractivity contribution in [3.8, 4) is 0 Å². The summed E-state index contributed by atoms with van der Waals surface area (Å²) in [5, 5.41) is 0.721. The Kier molecular flexibility index (Phi) is 4.02. The number of rotatable bonds is 2. The zero-order chi connectivity index (χ0) is 11.4. The molecular formula is C12H18ClN3. The van der Waals surface area contributed by atoms with E-state index in [0.717, 1.165) is 30.4 Å². The third-order valence-corrected chi connectivity index (χ3v) is 3.36. The predicted octanol–water partition coefficient (Wildman–Crippen LogP) is 2.69. The van der Waals surface area contributed by atoms with Crippen LogP contribution >= 0.6 is 11.6 Å². The van der Waals surface area contributed by atoms with Gasteiger partial charge in [0, 0.05) is 6.54 Å². The van der Waals surface area contributed by atoms with Crippen LogP contribution in [0.25, 0.3) is 0 Å². The molecular weight excluding hydrogens is 222 g/mol. The highest BCUT2D eigenvalue weighted by molar-refractivity contribution is 6.31. The Hall–Kier alpha value is -0.800. The first-order valence-corrected chi connectivity index (χ1v) is 6.27. The van der Waals surface area contributed by atoms with E-state index in [1.54, 1.807) is 6.07 Å². The molecule has 1 saturated heterocycles. The van der Waals surface area contributed by atoms with E-state index in [2.05, 4.69) is 9.88 Å². The van der Waals surface area contributed by atoms with E-state index < -0.39 is 0 Å². The number of anilines is 1. The van der Waals surface area contributed by atoms with Gasteiger partial charge in [-0.25, -0.2) is 4.98 Å². The Morgan fingerprint density at radius 3 is 2.56 bits per heavy atom. The maximum absolute atomic E-state index is 6.11. The first-order chi connectivity index (χ1) is 7.75. The molecule has 88 valence electrons. The zero-order valence-corrected chi connectivity index (χ0v) is 10.2. The fraction of sp³-hybridized carbons (Fsp3) is 0.583. The molecule has 0 radical (unpaired) electrons. The minimum absolute atomic E-state index is 0.550. The second kappa shape index (κ2) is 5.51. The van der Waals surface area contributed by atoms with Crippen LogP contribution in [0.4, 0.5) is 5.82 Å². The molecule has 0 amide bonds. The molecule has 1 aliphatic rings. The van der Waals surface area contributed by atoms with Gasteiger partial charge >= 0.3 is 0 Å². The number of hydrogen-bond acceptors (Lipinski definition) is 3. The summed E-state index contributed by atoms with van der Waals surface area (Å²) in [7, 11) is 0. The van der Waals surface area contributed by atoms with E-state index in [1.165, 1.54) is 25.7 Å². The fourth-order valence-electron chi connectivity index (χ4n) is 2.12. The molecule has 0 unspecified atom stereocenters. The lowest BCUT2D eigenvalue weighted by Crippen LogP contribution is -2.24. The summed E-state index contributed by atoms with van der Waals surface area (Å²) in [6.07, 6.45) is 5.24. The van der Waals surface area contributed by atoms with E-state index in [1.807, 2.05) is 6.07 Å². The lowest BCUT2D eigenvalue weighted by molar-refractivity contribution is 0.274. The van der Waals surface area contributed by atoms with Gasteiger partial charge in [-0.1, -0.05) is 24.4 Å². The summed E-state index contributed by atoms with van der Waals surface area (Å²) in [5.41, 5.74) is 6.58. The number of nitrogens with two attached hydrogens (primary N) is 1. The highest BCUT2D eigenvalue weighted by Gasteiger charge is 2.12. The van der Waals surface area contributed by atoms with Crippen LogP contribution in [0.5, 0.6) is 0 Å². The van der Waals surface area contributed by atoms with Crippen LogP contribution < -0.4 is 5.73 Å². The van der Waals surface area contributed by atoms with Gasteiger partial charge < -0.3 is 5.73 Å². The van der Waals surface area contributed by atoms with Crippen molar-refractivity contribution in [2.75, 3.05) is 18.8 Å². The van der Waals surface area contributed by atoms with Crippen LogP contribution in [0.2, 0.25) is 5.02 Å². The van der Waals surface area contributed by atoms with Gasteiger partial charge in [-0.15, -0.1) is 0 Å². The van der Waals surface area contributed by atoms with Gasteiger partial charge in [0.2, 0.25) is 0 Å². The summed E-state index contributed by atoms with van der Waals surface area (Å²) < 4.78 is 0. The first kappa shape index (κ1) is 11.7. The molecule has 0 spiro atoms. The molecule has 0 atom stereocenters. The second-order valence-electron chi connectivity index (χ2n) is 4.35. The topological polar surface area (TPSA) is 42.1 Å². The number of nitrogens with zero attached hydrogens (tertiary/aromatic N) is 2. The Balaban J connectivity index is 2.04. The normalized spacial score (nSPS) is 18.3. The van der Waals surface area contributed by atoms with Crippen molar-refractivity contribution in [1.82, 2.24) is 9.88 Å². The van der Waals surface area contributed by atoms with E-state index in [9.17, 15) is 0 Å². The van der Waals surface area contributed by atoms with Crippen LogP contribution in [0, 0.1) is 0 Å². The quantitative estimate of drug-likeness (QED) is 0.863. The minimum Gasteiger partial charge on any atom is -0.384 e. The van der Waals surface area contributed by atoms with Crippen molar-refractivity contribution >= 4 is 17.4 Å². The van der Waals surface area contributed by atoms with Crippen molar-refractivity contribution < 1.29 is 0 Å². The van der Waals surface area contributed by atoms with E-state index in [4.69, 9.17) is 17.3 Å².